The van der Waals surface area contributed by atoms with Gasteiger partial charge in [0, 0.05) is 25.2 Å². The maximum absolute atomic E-state index is 3.81. The van der Waals surface area contributed by atoms with E-state index in [0.29, 0.717) is 0 Å². The molecule has 1 aromatic heterocycles. The van der Waals surface area contributed by atoms with Gasteiger partial charge in [-0.1, -0.05) is 6.42 Å². The van der Waals surface area contributed by atoms with Crippen molar-refractivity contribution in [2.24, 2.45) is 11.8 Å². The summed E-state index contributed by atoms with van der Waals surface area (Å²) < 4.78 is 0. The number of rotatable bonds is 5. The molecule has 19 heavy (non-hydrogen) atoms. The van der Waals surface area contributed by atoms with Crippen molar-refractivity contribution in [3.8, 4) is 0 Å². The van der Waals surface area contributed by atoms with Gasteiger partial charge >= 0.3 is 0 Å². The van der Waals surface area contributed by atoms with E-state index in [4.69, 9.17) is 0 Å². The molecular formula is C16H24N2S. The fourth-order valence-corrected chi connectivity index (χ4v) is 4.81. The van der Waals surface area contributed by atoms with E-state index in [0.717, 1.165) is 23.9 Å². The molecule has 104 valence electrons. The number of hydrogen-bond donors (Lipinski definition) is 1. The second kappa shape index (κ2) is 5.19. The monoisotopic (exact) mass is 276 g/mol. The SMILES string of the molecule is c1cc(CN(CC2NCC3CCCC32)C2CC2)cs1. The molecule has 0 aromatic carbocycles. The molecular weight excluding hydrogens is 252 g/mol. The first-order valence-corrected chi connectivity index (χ1v) is 8.83. The van der Waals surface area contributed by atoms with E-state index in [2.05, 4.69) is 27.0 Å². The van der Waals surface area contributed by atoms with Crippen molar-refractivity contribution < 1.29 is 0 Å². The van der Waals surface area contributed by atoms with E-state index in [1.807, 2.05) is 11.3 Å². The lowest BCUT2D eigenvalue weighted by Gasteiger charge is -2.28. The first kappa shape index (κ1) is 12.4. The van der Waals surface area contributed by atoms with E-state index in [9.17, 15) is 0 Å². The van der Waals surface area contributed by atoms with Crippen molar-refractivity contribution in [2.75, 3.05) is 13.1 Å². The predicted molar refractivity (Wildman–Crippen MR) is 80.4 cm³/mol. The Bertz CT molecular complexity index is 412. The van der Waals surface area contributed by atoms with Gasteiger partial charge in [-0.3, -0.25) is 4.90 Å². The summed E-state index contributed by atoms with van der Waals surface area (Å²) in [6.07, 6.45) is 7.26. The van der Waals surface area contributed by atoms with Crippen molar-refractivity contribution in [3.63, 3.8) is 0 Å². The van der Waals surface area contributed by atoms with Crippen LogP contribution in [0.15, 0.2) is 16.8 Å². The van der Waals surface area contributed by atoms with Crippen LogP contribution < -0.4 is 5.32 Å². The molecule has 3 unspecified atom stereocenters. The van der Waals surface area contributed by atoms with Gasteiger partial charge in [0.25, 0.3) is 0 Å². The van der Waals surface area contributed by atoms with Crippen LogP contribution in [0.25, 0.3) is 0 Å². The quantitative estimate of drug-likeness (QED) is 0.889. The summed E-state index contributed by atoms with van der Waals surface area (Å²) in [6.45, 7) is 3.73. The van der Waals surface area contributed by atoms with Crippen LogP contribution >= 0.6 is 11.3 Å². The van der Waals surface area contributed by atoms with E-state index in [1.54, 1.807) is 0 Å². The Hall–Kier alpha value is -0.380. The minimum atomic E-state index is 0.770. The Labute approximate surface area is 120 Å². The molecule has 3 atom stereocenters. The number of nitrogens with zero attached hydrogens (tertiary/aromatic N) is 1. The third-order valence-corrected chi connectivity index (χ3v) is 6.07. The van der Waals surface area contributed by atoms with Gasteiger partial charge in [-0.15, -0.1) is 0 Å². The Morgan fingerprint density at radius 1 is 1.26 bits per heavy atom. The molecule has 1 saturated heterocycles. The number of thiophene rings is 1. The Kier molecular flexibility index (Phi) is 3.38. The van der Waals surface area contributed by atoms with E-state index >= 15 is 0 Å². The normalized spacial score (nSPS) is 34.1. The summed E-state index contributed by atoms with van der Waals surface area (Å²) >= 11 is 1.83. The zero-order valence-corrected chi connectivity index (χ0v) is 12.4. The number of nitrogens with one attached hydrogen (secondary N) is 1. The van der Waals surface area contributed by atoms with E-state index in [1.165, 1.54) is 57.3 Å². The molecule has 3 heteroatoms. The van der Waals surface area contributed by atoms with Crippen molar-refractivity contribution >= 4 is 11.3 Å². The van der Waals surface area contributed by atoms with Crippen LogP contribution in [0.5, 0.6) is 0 Å². The van der Waals surface area contributed by atoms with Gasteiger partial charge in [0.2, 0.25) is 0 Å². The standard InChI is InChI=1S/C16H24N2S/c1-2-13-8-17-16(15(13)3-1)10-18(14-4-5-14)9-12-6-7-19-11-12/h6-7,11,13-17H,1-5,8-10H2. The van der Waals surface area contributed by atoms with Crippen LogP contribution in [-0.4, -0.2) is 30.1 Å². The highest BCUT2D eigenvalue weighted by Gasteiger charge is 2.41. The summed E-state index contributed by atoms with van der Waals surface area (Å²) in [5.74, 6) is 1.97. The van der Waals surface area contributed by atoms with Gasteiger partial charge in [0.1, 0.15) is 0 Å². The molecule has 3 fully saturated rings. The predicted octanol–water partition coefficient (Wildman–Crippen LogP) is 3.10. The van der Waals surface area contributed by atoms with Gasteiger partial charge in [0.05, 0.1) is 0 Å². The largest absolute Gasteiger partial charge is 0.312 e. The van der Waals surface area contributed by atoms with Gasteiger partial charge in [-0.05, 0) is 66.5 Å². The van der Waals surface area contributed by atoms with Crippen molar-refractivity contribution in [1.82, 2.24) is 10.2 Å². The first-order chi connectivity index (χ1) is 9.40. The van der Waals surface area contributed by atoms with Crippen LogP contribution in [0.1, 0.15) is 37.7 Å². The first-order valence-electron chi connectivity index (χ1n) is 7.88. The van der Waals surface area contributed by atoms with Crippen LogP contribution in [0.2, 0.25) is 0 Å². The second-order valence-electron chi connectivity index (χ2n) is 6.66. The van der Waals surface area contributed by atoms with Crippen LogP contribution in [-0.2, 0) is 6.54 Å². The van der Waals surface area contributed by atoms with Crippen molar-refractivity contribution in [2.45, 2.75) is 50.7 Å². The molecule has 1 aromatic rings. The van der Waals surface area contributed by atoms with Gasteiger partial charge in [-0.25, -0.2) is 0 Å². The van der Waals surface area contributed by atoms with Crippen LogP contribution in [0.4, 0.5) is 0 Å². The zero-order valence-electron chi connectivity index (χ0n) is 11.6. The summed E-state index contributed by atoms with van der Waals surface area (Å²) in [7, 11) is 0. The molecule has 1 aliphatic heterocycles. The highest BCUT2D eigenvalue weighted by atomic mass is 32.1. The minimum absolute atomic E-state index is 0.770. The van der Waals surface area contributed by atoms with Gasteiger partial charge < -0.3 is 5.32 Å². The van der Waals surface area contributed by atoms with Crippen molar-refractivity contribution in [1.29, 1.82) is 0 Å². The molecule has 0 amide bonds. The smallest absolute Gasteiger partial charge is 0.0245 e. The Balaban J connectivity index is 1.41. The average molecular weight is 276 g/mol. The summed E-state index contributed by atoms with van der Waals surface area (Å²) in [5.41, 5.74) is 1.51. The molecule has 1 N–H and O–H groups in total. The molecule has 0 spiro atoms. The summed E-state index contributed by atoms with van der Waals surface area (Å²) in [6, 6.07) is 3.94. The Morgan fingerprint density at radius 2 is 2.21 bits per heavy atom. The van der Waals surface area contributed by atoms with E-state index in [-0.39, 0.29) is 0 Å². The second-order valence-corrected chi connectivity index (χ2v) is 7.44. The lowest BCUT2D eigenvalue weighted by atomic mass is 9.93. The molecule has 0 radical (unpaired) electrons. The molecule has 2 nitrogen and oxygen atoms in total. The molecule has 3 aliphatic rings. The molecule has 4 rings (SSSR count). The van der Waals surface area contributed by atoms with Crippen LogP contribution in [0, 0.1) is 11.8 Å². The fourth-order valence-electron chi connectivity index (χ4n) is 4.15. The van der Waals surface area contributed by atoms with Gasteiger partial charge in [0.15, 0.2) is 0 Å². The van der Waals surface area contributed by atoms with E-state index < -0.39 is 0 Å². The maximum atomic E-state index is 3.81. The maximum Gasteiger partial charge on any atom is 0.0245 e. The highest BCUT2D eigenvalue weighted by Crippen LogP contribution is 2.39. The molecule has 2 aliphatic carbocycles. The van der Waals surface area contributed by atoms with Crippen molar-refractivity contribution in [3.05, 3.63) is 22.4 Å². The third-order valence-electron chi connectivity index (χ3n) is 5.34. The molecule has 2 heterocycles. The summed E-state index contributed by atoms with van der Waals surface area (Å²) in [5, 5.41) is 8.34. The number of hydrogen-bond acceptors (Lipinski definition) is 3. The average Bonchev–Trinajstić information content (AvgIpc) is 2.83. The zero-order chi connectivity index (χ0) is 12.7. The highest BCUT2D eigenvalue weighted by molar-refractivity contribution is 7.07. The molecule has 2 saturated carbocycles. The number of fused-ring (bicyclic) bond motifs is 1. The lowest BCUT2D eigenvalue weighted by molar-refractivity contribution is 0.210. The lowest BCUT2D eigenvalue weighted by Crippen LogP contribution is -2.41. The Morgan fingerprint density at radius 3 is 3.00 bits per heavy atom. The van der Waals surface area contributed by atoms with Gasteiger partial charge in [-0.2, -0.15) is 11.3 Å². The fraction of sp³-hybridized carbons (Fsp3) is 0.750. The van der Waals surface area contributed by atoms with Crippen LogP contribution in [0.3, 0.4) is 0 Å². The third kappa shape index (κ3) is 2.61. The summed E-state index contributed by atoms with van der Waals surface area (Å²) in [4.78, 5) is 2.75. The minimum Gasteiger partial charge on any atom is -0.312 e. The molecule has 0 bridgehead atoms. The topological polar surface area (TPSA) is 15.3 Å².